The van der Waals surface area contributed by atoms with Crippen molar-refractivity contribution in [1.29, 1.82) is 0 Å². The predicted octanol–water partition coefficient (Wildman–Crippen LogP) is 4.15. The average molecular weight is 621 g/mol. The Balaban J connectivity index is 1.74. The van der Waals surface area contributed by atoms with E-state index in [0.29, 0.717) is 32.6 Å². The second-order valence-electron chi connectivity index (χ2n) is 13.1. The monoisotopic (exact) mass is 620 g/mol. The van der Waals surface area contributed by atoms with Gasteiger partial charge in [-0.05, 0) is 57.1 Å². The number of allylic oxidation sites excluding steroid dienone is 3. The molecule has 3 heterocycles. The lowest BCUT2D eigenvalue weighted by Crippen LogP contribution is -2.50. The van der Waals surface area contributed by atoms with E-state index in [1.807, 2.05) is 58.9 Å². The van der Waals surface area contributed by atoms with E-state index < -0.39 is 36.0 Å². The van der Waals surface area contributed by atoms with Crippen LogP contribution >= 0.6 is 0 Å². The summed E-state index contributed by atoms with van der Waals surface area (Å²) in [7, 11) is 1.57. The van der Waals surface area contributed by atoms with E-state index in [1.165, 1.54) is 0 Å². The summed E-state index contributed by atoms with van der Waals surface area (Å²) in [6.45, 7) is 14.5. The van der Waals surface area contributed by atoms with Crippen LogP contribution in [0.25, 0.3) is 0 Å². The van der Waals surface area contributed by atoms with Gasteiger partial charge in [-0.3, -0.25) is 4.79 Å². The zero-order valence-corrected chi connectivity index (χ0v) is 27.7. The summed E-state index contributed by atoms with van der Waals surface area (Å²) in [6.07, 6.45) is 9.25. The van der Waals surface area contributed by atoms with Gasteiger partial charge in [0.25, 0.3) is 0 Å². The summed E-state index contributed by atoms with van der Waals surface area (Å²) >= 11 is 0. The normalized spacial score (nSPS) is 35.2. The number of aliphatic hydroxyl groups is 2. The van der Waals surface area contributed by atoms with E-state index in [1.54, 1.807) is 12.0 Å². The first kappa shape index (κ1) is 36.2. The second-order valence-corrected chi connectivity index (χ2v) is 13.1. The van der Waals surface area contributed by atoms with Gasteiger partial charge in [0.2, 0.25) is 0 Å². The fraction of sp³-hybridized carbons (Fsp3) is 0.765. The second kappa shape index (κ2) is 16.9. The Morgan fingerprint density at radius 1 is 1.27 bits per heavy atom. The topological polar surface area (TPSA) is 130 Å². The number of methoxy groups -OCH3 is 1. The lowest BCUT2D eigenvalue weighted by atomic mass is 9.88. The highest BCUT2D eigenvalue weighted by molar-refractivity contribution is 5.70. The molecular formula is C34H56N2O8. The maximum atomic E-state index is 13.1. The Morgan fingerprint density at radius 2 is 1.98 bits per heavy atom. The van der Waals surface area contributed by atoms with E-state index >= 15 is 0 Å². The highest BCUT2D eigenvalue weighted by Crippen LogP contribution is 2.36. The van der Waals surface area contributed by atoms with Crippen LogP contribution < -0.4 is 5.32 Å². The molecule has 1 amide bonds. The molecule has 0 aromatic heterocycles. The van der Waals surface area contributed by atoms with Gasteiger partial charge in [0.05, 0.1) is 30.8 Å². The Hall–Kier alpha value is -2.24. The van der Waals surface area contributed by atoms with E-state index in [2.05, 4.69) is 18.3 Å². The van der Waals surface area contributed by atoms with Crippen molar-refractivity contribution in [3.63, 3.8) is 0 Å². The minimum absolute atomic E-state index is 0.108. The number of epoxide rings is 1. The fourth-order valence-electron chi connectivity index (χ4n) is 6.02. The number of nitrogens with zero attached hydrogens (tertiary/aromatic N) is 1. The average Bonchev–Trinajstić information content (AvgIpc) is 3.78. The van der Waals surface area contributed by atoms with Crippen LogP contribution in [0.3, 0.4) is 0 Å². The van der Waals surface area contributed by atoms with Gasteiger partial charge in [-0.15, -0.1) is 0 Å². The SMILES string of the molecule is CC[C@H](O)[C@@H](C)[C@H]1O[C@@H]1C[C@H](C)/C=C/C=C(\C)[C@H]1OC(=O)C[C@H](O)CC[C@@](C)(OC)[C@@H](OC(=O)N2CCNCC2)/C=C\[C@@H]1C. The maximum Gasteiger partial charge on any atom is 0.410 e. The van der Waals surface area contributed by atoms with Crippen molar-refractivity contribution in [2.45, 2.75) is 116 Å². The summed E-state index contributed by atoms with van der Waals surface area (Å²) < 4.78 is 23.7. The molecule has 0 spiro atoms. The van der Waals surface area contributed by atoms with Gasteiger partial charge < -0.3 is 39.4 Å². The molecule has 10 heteroatoms. The van der Waals surface area contributed by atoms with Gasteiger partial charge in [-0.2, -0.15) is 0 Å². The van der Waals surface area contributed by atoms with Gasteiger partial charge in [-0.1, -0.05) is 52.0 Å². The van der Waals surface area contributed by atoms with E-state index in [0.717, 1.165) is 18.4 Å². The third-order valence-electron chi connectivity index (χ3n) is 9.39. The number of hydrogen-bond acceptors (Lipinski definition) is 9. The summed E-state index contributed by atoms with van der Waals surface area (Å²) in [5.74, 6) is -0.316. The Morgan fingerprint density at radius 3 is 2.64 bits per heavy atom. The number of rotatable bonds is 10. The number of ether oxygens (including phenoxy) is 4. The van der Waals surface area contributed by atoms with Crippen molar-refractivity contribution in [2.24, 2.45) is 17.8 Å². The van der Waals surface area contributed by atoms with Gasteiger partial charge in [0, 0.05) is 45.1 Å². The van der Waals surface area contributed by atoms with Crippen LogP contribution in [0.5, 0.6) is 0 Å². The van der Waals surface area contributed by atoms with Crippen LogP contribution in [0.15, 0.2) is 36.0 Å². The Kier molecular flexibility index (Phi) is 13.9. The van der Waals surface area contributed by atoms with Crippen molar-refractivity contribution in [3.8, 4) is 0 Å². The quantitative estimate of drug-likeness (QED) is 0.143. The first-order valence-electron chi connectivity index (χ1n) is 16.3. The van der Waals surface area contributed by atoms with Gasteiger partial charge in [-0.25, -0.2) is 4.79 Å². The molecule has 3 N–H and O–H groups in total. The standard InChI is InChI=1S/C34H56N2O8/c1-8-27(38)25(5)32-28(42-32)20-22(2)10-9-11-23(3)31-24(4)12-13-29(43-33(40)36-18-16-35-17-19-36)34(6,41-7)15-14-26(37)21-30(39)44-31/h9-13,22,24-29,31-32,35,37-38H,8,14-21H2,1-7H3/b10-9+,13-12-,23-11+/t22-,24+,25-,26-,27+,28-,29+,31-,32-,34-/m1/s1. The predicted molar refractivity (Wildman–Crippen MR) is 169 cm³/mol. The van der Waals surface area contributed by atoms with Crippen LogP contribution in [0, 0.1) is 17.8 Å². The fourth-order valence-corrected chi connectivity index (χ4v) is 6.02. The molecule has 0 aliphatic carbocycles. The number of cyclic esters (lactones) is 1. The Bertz CT molecular complexity index is 1020. The highest BCUT2D eigenvalue weighted by atomic mass is 16.6. The molecule has 3 aliphatic rings. The lowest BCUT2D eigenvalue weighted by molar-refractivity contribution is -0.151. The zero-order chi connectivity index (χ0) is 32.4. The maximum absolute atomic E-state index is 13.1. The molecule has 0 aromatic carbocycles. The molecule has 2 saturated heterocycles. The smallest absolute Gasteiger partial charge is 0.410 e. The molecule has 44 heavy (non-hydrogen) atoms. The van der Waals surface area contributed by atoms with Crippen molar-refractivity contribution in [2.75, 3.05) is 33.3 Å². The van der Waals surface area contributed by atoms with Crippen LogP contribution in [0.4, 0.5) is 4.79 Å². The third-order valence-corrected chi connectivity index (χ3v) is 9.39. The summed E-state index contributed by atoms with van der Waals surface area (Å²) in [6, 6.07) is 0. The Labute approximate surface area is 263 Å². The van der Waals surface area contributed by atoms with E-state index in [-0.39, 0.29) is 48.9 Å². The number of nitrogens with one attached hydrogen (secondary N) is 1. The molecule has 10 atom stereocenters. The largest absolute Gasteiger partial charge is 0.457 e. The first-order valence-corrected chi connectivity index (χ1v) is 16.3. The van der Waals surface area contributed by atoms with Crippen molar-refractivity contribution < 1.29 is 38.7 Å². The van der Waals surface area contributed by atoms with Crippen molar-refractivity contribution in [1.82, 2.24) is 10.2 Å². The van der Waals surface area contributed by atoms with Crippen LogP contribution in [-0.2, 0) is 23.7 Å². The summed E-state index contributed by atoms with van der Waals surface area (Å²) in [5.41, 5.74) is -0.0467. The lowest BCUT2D eigenvalue weighted by Gasteiger charge is -2.37. The minimum Gasteiger partial charge on any atom is -0.457 e. The molecule has 3 aliphatic heterocycles. The molecule has 0 radical (unpaired) electrons. The third kappa shape index (κ3) is 10.4. The van der Waals surface area contributed by atoms with Gasteiger partial charge in [0.1, 0.15) is 11.7 Å². The van der Waals surface area contributed by atoms with E-state index in [4.69, 9.17) is 18.9 Å². The molecular weight excluding hydrogens is 564 g/mol. The number of carbonyl (C=O) groups excluding carboxylic acids is 2. The highest BCUT2D eigenvalue weighted by Gasteiger charge is 2.45. The molecule has 0 bridgehead atoms. The number of piperazine rings is 1. The molecule has 250 valence electrons. The minimum atomic E-state index is -0.916. The molecule has 0 aromatic rings. The van der Waals surface area contributed by atoms with Crippen molar-refractivity contribution >= 4 is 12.1 Å². The molecule has 10 nitrogen and oxygen atoms in total. The van der Waals surface area contributed by atoms with E-state index in [9.17, 15) is 19.8 Å². The molecule has 0 saturated carbocycles. The van der Waals surface area contributed by atoms with Gasteiger partial charge >= 0.3 is 12.1 Å². The molecule has 3 rings (SSSR count). The molecule has 2 fully saturated rings. The number of carbonyl (C=O) groups is 2. The van der Waals surface area contributed by atoms with Crippen LogP contribution in [0.2, 0.25) is 0 Å². The zero-order valence-electron chi connectivity index (χ0n) is 27.7. The number of amides is 1. The van der Waals surface area contributed by atoms with Gasteiger partial charge in [0.15, 0.2) is 6.10 Å². The number of hydrogen-bond donors (Lipinski definition) is 3. The molecule has 0 unspecified atom stereocenters. The summed E-state index contributed by atoms with van der Waals surface area (Å²) in [5, 5.41) is 24.0. The van der Waals surface area contributed by atoms with Crippen LogP contribution in [0.1, 0.15) is 73.6 Å². The van der Waals surface area contributed by atoms with Crippen molar-refractivity contribution in [3.05, 3.63) is 36.0 Å². The number of aliphatic hydroxyl groups excluding tert-OH is 2. The number of esters is 1. The van der Waals surface area contributed by atoms with Crippen LogP contribution in [-0.4, -0.2) is 103 Å². The first-order chi connectivity index (χ1) is 20.9. The summed E-state index contributed by atoms with van der Waals surface area (Å²) in [4.78, 5) is 27.6.